The summed E-state index contributed by atoms with van der Waals surface area (Å²) in [7, 11) is 0. The second-order valence-corrected chi connectivity index (χ2v) is 4.16. The molecular formula is C12H16N4O4. The summed E-state index contributed by atoms with van der Waals surface area (Å²) in [5, 5.41) is 10.8. The highest BCUT2D eigenvalue weighted by atomic mass is 16.1. The van der Waals surface area contributed by atoms with Crippen LogP contribution in [0.5, 0.6) is 0 Å². The van der Waals surface area contributed by atoms with Gasteiger partial charge >= 0.3 is 0 Å². The molecule has 1 rings (SSSR count). The molecular weight excluding hydrogens is 264 g/mol. The van der Waals surface area contributed by atoms with Crippen molar-refractivity contribution in [1.29, 1.82) is 10.8 Å². The molecule has 0 heterocycles. The number of aliphatic imine (C=N–C) groups is 2. The van der Waals surface area contributed by atoms with Crippen molar-refractivity contribution in [2.24, 2.45) is 21.8 Å². The summed E-state index contributed by atoms with van der Waals surface area (Å²) in [4.78, 5) is 44.7. The molecule has 0 aromatic heterocycles. The highest BCUT2D eigenvalue weighted by Crippen LogP contribution is 2.32. The summed E-state index contributed by atoms with van der Waals surface area (Å²) in [6.45, 7) is 4.04. The summed E-state index contributed by atoms with van der Waals surface area (Å²) in [6.07, 6.45) is 6.66. The Labute approximate surface area is 116 Å². The number of rotatable bonds is 2. The van der Waals surface area contributed by atoms with Gasteiger partial charge in [0.15, 0.2) is 0 Å². The molecule has 1 fully saturated rings. The van der Waals surface area contributed by atoms with E-state index in [0.717, 1.165) is 25.0 Å². The van der Waals surface area contributed by atoms with Gasteiger partial charge in [0, 0.05) is 0 Å². The maximum atomic E-state index is 10.2. The van der Waals surface area contributed by atoms with E-state index in [2.05, 4.69) is 9.98 Å². The molecule has 8 heteroatoms. The molecule has 0 bridgehead atoms. The summed E-state index contributed by atoms with van der Waals surface area (Å²) < 4.78 is 0. The van der Waals surface area contributed by atoms with Crippen LogP contribution in [-0.2, 0) is 19.2 Å². The molecule has 20 heavy (non-hydrogen) atoms. The van der Waals surface area contributed by atoms with Crippen LogP contribution in [0.4, 0.5) is 0 Å². The molecule has 0 spiro atoms. The molecule has 8 nitrogen and oxygen atoms in total. The summed E-state index contributed by atoms with van der Waals surface area (Å²) in [6, 6.07) is -0.393. The van der Waals surface area contributed by atoms with Gasteiger partial charge < -0.3 is 0 Å². The standard InChI is InChI=1S/C10H14N2O2.2CHNO/c1-7-3-4-8(2)10(12-6-14)9(7)11-5-13;2*2-1-3/h7-10H,3-4H2,1-2H3;2*2H. The van der Waals surface area contributed by atoms with Crippen LogP contribution in [0.1, 0.15) is 26.7 Å². The quantitative estimate of drug-likeness (QED) is 0.580. The smallest absolute Gasteiger partial charge is 0.222 e. The van der Waals surface area contributed by atoms with Crippen LogP contribution < -0.4 is 0 Å². The van der Waals surface area contributed by atoms with Crippen molar-refractivity contribution in [3.63, 3.8) is 0 Å². The summed E-state index contributed by atoms with van der Waals surface area (Å²) in [5.41, 5.74) is 0. The van der Waals surface area contributed by atoms with Gasteiger partial charge in [-0.25, -0.2) is 30.0 Å². The van der Waals surface area contributed by atoms with Crippen molar-refractivity contribution in [1.82, 2.24) is 0 Å². The first-order valence-electron chi connectivity index (χ1n) is 5.75. The second kappa shape index (κ2) is 13.0. The largest absolute Gasteiger partial charge is 0.235 e. The van der Waals surface area contributed by atoms with Crippen LogP contribution in [-0.4, -0.2) is 36.4 Å². The lowest BCUT2D eigenvalue weighted by atomic mass is 9.76. The fourth-order valence-electron chi connectivity index (χ4n) is 2.07. The molecule has 1 aliphatic rings. The molecule has 1 aliphatic carbocycles. The van der Waals surface area contributed by atoms with Gasteiger partial charge in [-0.3, -0.25) is 0 Å². The van der Waals surface area contributed by atoms with Crippen LogP contribution in [0, 0.1) is 22.7 Å². The van der Waals surface area contributed by atoms with Gasteiger partial charge in [-0.05, 0) is 24.7 Å². The molecule has 0 amide bonds. The van der Waals surface area contributed by atoms with Crippen LogP contribution in [0.25, 0.3) is 0 Å². The van der Waals surface area contributed by atoms with Gasteiger partial charge in [0.25, 0.3) is 0 Å². The monoisotopic (exact) mass is 280 g/mol. The summed E-state index contributed by atoms with van der Waals surface area (Å²) in [5.74, 6) is 0.574. The molecule has 0 aromatic carbocycles. The maximum Gasteiger partial charge on any atom is 0.235 e. The third-order valence-corrected chi connectivity index (χ3v) is 3.00. The Balaban J connectivity index is 0. The van der Waals surface area contributed by atoms with Crippen molar-refractivity contribution >= 4 is 24.3 Å². The Morgan fingerprint density at radius 3 is 1.25 bits per heavy atom. The first-order valence-corrected chi connectivity index (χ1v) is 5.75. The molecule has 0 radical (unpaired) electrons. The van der Waals surface area contributed by atoms with E-state index < -0.39 is 0 Å². The second-order valence-electron chi connectivity index (χ2n) is 4.16. The lowest BCUT2D eigenvalue weighted by Crippen LogP contribution is -2.39. The van der Waals surface area contributed by atoms with E-state index in [4.69, 9.17) is 20.4 Å². The van der Waals surface area contributed by atoms with E-state index >= 15 is 0 Å². The fourth-order valence-corrected chi connectivity index (χ4v) is 2.07. The van der Waals surface area contributed by atoms with E-state index in [1.165, 1.54) is 0 Å². The Kier molecular flexibility index (Phi) is 12.9. The highest BCUT2D eigenvalue weighted by Gasteiger charge is 2.35. The summed E-state index contributed by atoms with van der Waals surface area (Å²) >= 11 is 0. The number of isocyanates is 4. The van der Waals surface area contributed by atoms with Gasteiger partial charge in [-0.15, -0.1) is 0 Å². The van der Waals surface area contributed by atoms with Crippen molar-refractivity contribution in [3.05, 3.63) is 0 Å². The van der Waals surface area contributed by atoms with Gasteiger partial charge in [0.2, 0.25) is 24.3 Å². The average molecular weight is 280 g/mol. The molecule has 0 aliphatic heterocycles. The first-order chi connectivity index (χ1) is 9.53. The number of nitrogens with zero attached hydrogens (tertiary/aromatic N) is 2. The van der Waals surface area contributed by atoms with E-state index in [1.807, 2.05) is 13.8 Å². The van der Waals surface area contributed by atoms with Crippen molar-refractivity contribution < 1.29 is 19.2 Å². The number of nitrogens with one attached hydrogen (secondary N) is 2. The van der Waals surface area contributed by atoms with E-state index in [0.29, 0.717) is 0 Å². The van der Waals surface area contributed by atoms with Crippen molar-refractivity contribution in [2.45, 2.75) is 38.8 Å². The van der Waals surface area contributed by atoms with E-state index in [1.54, 1.807) is 12.2 Å². The molecule has 1 saturated carbocycles. The zero-order valence-corrected chi connectivity index (χ0v) is 11.3. The number of hydrogen-bond donors (Lipinski definition) is 2. The molecule has 4 atom stereocenters. The third-order valence-electron chi connectivity index (χ3n) is 3.00. The minimum absolute atomic E-state index is 0.197. The van der Waals surface area contributed by atoms with Crippen LogP contribution in [0.15, 0.2) is 9.98 Å². The average Bonchev–Trinajstić information content (AvgIpc) is 2.40. The minimum Gasteiger partial charge on any atom is -0.222 e. The Morgan fingerprint density at radius 1 is 0.800 bits per heavy atom. The normalized spacial score (nSPS) is 26.5. The van der Waals surface area contributed by atoms with Gasteiger partial charge in [0.1, 0.15) is 0 Å². The van der Waals surface area contributed by atoms with Crippen LogP contribution in [0.2, 0.25) is 0 Å². The van der Waals surface area contributed by atoms with E-state index in [-0.39, 0.29) is 23.9 Å². The Morgan fingerprint density at radius 2 is 1.05 bits per heavy atom. The molecule has 2 N–H and O–H groups in total. The number of carbonyl (C=O) groups excluding carboxylic acids is 4. The molecule has 4 unspecified atom stereocenters. The fraction of sp³-hybridized carbons (Fsp3) is 0.667. The van der Waals surface area contributed by atoms with E-state index in [9.17, 15) is 9.59 Å². The predicted octanol–water partition coefficient (Wildman–Crippen LogP) is 1.26. The SMILES string of the molecule is CC1CCC(C)C(N=C=O)C1N=C=O.N=C=O.N=C=O. The zero-order chi connectivity index (χ0) is 16.0. The van der Waals surface area contributed by atoms with Crippen LogP contribution in [0.3, 0.4) is 0 Å². The Hall–Kier alpha value is -2.48. The topological polar surface area (TPSA) is 141 Å². The lowest BCUT2D eigenvalue weighted by molar-refractivity contribution is 0.229. The highest BCUT2D eigenvalue weighted by molar-refractivity contribution is 5.36. The van der Waals surface area contributed by atoms with Gasteiger partial charge in [-0.1, -0.05) is 13.8 Å². The van der Waals surface area contributed by atoms with Gasteiger partial charge in [-0.2, -0.15) is 9.98 Å². The zero-order valence-electron chi connectivity index (χ0n) is 11.3. The predicted molar refractivity (Wildman–Crippen MR) is 68.2 cm³/mol. The van der Waals surface area contributed by atoms with Crippen LogP contribution >= 0.6 is 0 Å². The molecule has 0 aromatic rings. The number of hydrogen-bond acceptors (Lipinski definition) is 8. The maximum absolute atomic E-state index is 10.2. The lowest BCUT2D eigenvalue weighted by Gasteiger charge is -2.34. The minimum atomic E-state index is -0.197. The van der Waals surface area contributed by atoms with Gasteiger partial charge in [0.05, 0.1) is 12.1 Å². The van der Waals surface area contributed by atoms with Crippen molar-refractivity contribution in [3.8, 4) is 0 Å². The van der Waals surface area contributed by atoms with Crippen molar-refractivity contribution in [2.75, 3.05) is 0 Å². The Bertz CT molecular complexity index is 398. The third kappa shape index (κ3) is 7.77. The molecule has 108 valence electrons. The first kappa shape index (κ1) is 19.9. The molecule has 0 saturated heterocycles.